The number of benzene rings is 2. The van der Waals surface area contributed by atoms with Crippen LogP contribution in [-0.4, -0.2) is 44.0 Å². The number of hydrogen-bond acceptors (Lipinski definition) is 6. The van der Waals surface area contributed by atoms with E-state index in [1.807, 2.05) is 62.4 Å². The van der Waals surface area contributed by atoms with Crippen LogP contribution in [0.3, 0.4) is 0 Å². The summed E-state index contributed by atoms with van der Waals surface area (Å²) in [4.78, 5) is 26.8. The molecule has 1 aliphatic rings. The first-order valence-corrected chi connectivity index (χ1v) is 11.1. The Hall–Kier alpha value is -3.81. The van der Waals surface area contributed by atoms with Crippen LogP contribution in [0.15, 0.2) is 60.3 Å². The van der Waals surface area contributed by atoms with E-state index < -0.39 is 5.97 Å². The standard InChI is InChI=1S/C25H27N5O3/c1-4-25(3)15-22(31)30(21(25)14-23(32)33-5-2)16-17-10-12-18(13-11-17)19-8-6-7-9-20(19)24-26-28-29-27-24/h6-14H,4-5,15-16H2,1-3H3,(H,26,27,28,29)/b21-14-. The van der Waals surface area contributed by atoms with Crippen molar-refractivity contribution < 1.29 is 14.3 Å². The molecule has 8 nitrogen and oxygen atoms in total. The zero-order valence-corrected chi connectivity index (χ0v) is 19.0. The maximum absolute atomic E-state index is 12.9. The molecule has 170 valence electrons. The predicted octanol–water partition coefficient (Wildman–Crippen LogP) is 4.13. The summed E-state index contributed by atoms with van der Waals surface area (Å²) in [7, 11) is 0. The molecular formula is C25H27N5O3. The summed E-state index contributed by atoms with van der Waals surface area (Å²) in [5.74, 6) is 0.131. The monoisotopic (exact) mass is 445 g/mol. The van der Waals surface area contributed by atoms with Gasteiger partial charge in [0.15, 0.2) is 0 Å². The molecule has 1 aromatic heterocycles. The zero-order chi connectivity index (χ0) is 23.4. The fourth-order valence-corrected chi connectivity index (χ4v) is 4.19. The Bertz CT molecular complexity index is 1170. The van der Waals surface area contributed by atoms with E-state index in [0.29, 0.717) is 25.4 Å². The number of ether oxygens (including phenoxy) is 1. The van der Waals surface area contributed by atoms with Gasteiger partial charge in [-0.25, -0.2) is 4.79 Å². The first kappa shape index (κ1) is 22.4. The highest BCUT2D eigenvalue weighted by molar-refractivity contribution is 5.88. The van der Waals surface area contributed by atoms with Gasteiger partial charge >= 0.3 is 5.97 Å². The zero-order valence-electron chi connectivity index (χ0n) is 19.0. The van der Waals surface area contributed by atoms with Gasteiger partial charge in [0.1, 0.15) is 0 Å². The fourth-order valence-electron chi connectivity index (χ4n) is 4.19. The molecule has 1 saturated heterocycles. The summed E-state index contributed by atoms with van der Waals surface area (Å²) in [6.45, 7) is 6.52. The van der Waals surface area contributed by atoms with E-state index in [1.165, 1.54) is 6.08 Å². The normalized spacial score (nSPS) is 19.3. The SMILES string of the molecule is CCOC(=O)/C=C1\N(Cc2ccc(-c3ccccc3-c3nn[nH]n3)cc2)C(=O)CC1(C)CC. The van der Waals surface area contributed by atoms with Gasteiger partial charge in [-0.3, -0.25) is 4.79 Å². The first-order valence-electron chi connectivity index (χ1n) is 11.1. The van der Waals surface area contributed by atoms with Gasteiger partial charge in [0.25, 0.3) is 0 Å². The number of allylic oxidation sites excluding steroid dienone is 1. The number of esters is 1. The minimum atomic E-state index is -0.416. The third kappa shape index (κ3) is 4.55. The molecule has 33 heavy (non-hydrogen) atoms. The molecule has 0 bridgehead atoms. The van der Waals surface area contributed by atoms with Crippen LogP contribution in [0.1, 0.15) is 39.2 Å². The number of tetrazole rings is 1. The van der Waals surface area contributed by atoms with E-state index in [9.17, 15) is 9.59 Å². The summed E-state index contributed by atoms with van der Waals surface area (Å²) in [6.07, 6.45) is 2.62. The van der Waals surface area contributed by atoms with Crippen LogP contribution in [-0.2, 0) is 20.9 Å². The van der Waals surface area contributed by atoms with Crippen molar-refractivity contribution in [2.45, 2.75) is 40.2 Å². The molecule has 1 N–H and O–H groups in total. The number of aromatic nitrogens is 4. The number of nitrogens with one attached hydrogen (secondary N) is 1. The number of rotatable bonds is 7. The highest BCUT2D eigenvalue weighted by Gasteiger charge is 2.43. The van der Waals surface area contributed by atoms with Crippen LogP contribution in [0.5, 0.6) is 0 Å². The topological polar surface area (TPSA) is 101 Å². The molecule has 1 atom stereocenters. The van der Waals surface area contributed by atoms with Crippen molar-refractivity contribution in [3.05, 3.63) is 65.9 Å². The Balaban J connectivity index is 1.60. The number of H-pyrrole nitrogens is 1. The second-order valence-corrected chi connectivity index (χ2v) is 8.33. The number of aromatic amines is 1. The summed E-state index contributed by atoms with van der Waals surface area (Å²) < 4.78 is 5.11. The van der Waals surface area contributed by atoms with Gasteiger partial charge in [-0.2, -0.15) is 5.21 Å². The van der Waals surface area contributed by atoms with Crippen LogP contribution in [0.4, 0.5) is 0 Å². The Kier molecular flexibility index (Phi) is 6.35. The van der Waals surface area contributed by atoms with Crippen LogP contribution in [0, 0.1) is 5.41 Å². The summed E-state index contributed by atoms with van der Waals surface area (Å²) >= 11 is 0. The van der Waals surface area contributed by atoms with Crippen LogP contribution >= 0.6 is 0 Å². The molecule has 0 radical (unpaired) electrons. The lowest BCUT2D eigenvalue weighted by molar-refractivity contribution is -0.137. The highest BCUT2D eigenvalue weighted by atomic mass is 16.5. The van der Waals surface area contributed by atoms with Crippen LogP contribution in [0.25, 0.3) is 22.5 Å². The second kappa shape index (κ2) is 9.36. The molecule has 0 aliphatic carbocycles. The third-order valence-electron chi connectivity index (χ3n) is 6.19. The Morgan fingerprint density at radius 1 is 1.15 bits per heavy atom. The lowest BCUT2D eigenvalue weighted by atomic mass is 9.83. The summed E-state index contributed by atoms with van der Waals surface area (Å²) in [5.41, 5.74) is 4.19. The molecule has 0 spiro atoms. The smallest absolute Gasteiger partial charge is 0.332 e. The van der Waals surface area contributed by atoms with E-state index >= 15 is 0 Å². The quantitative estimate of drug-likeness (QED) is 0.433. The summed E-state index contributed by atoms with van der Waals surface area (Å²) in [6, 6.07) is 15.9. The van der Waals surface area contributed by atoms with E-state index in [4.69, 9.17) is 4.74 Å². The van der Waals surface area contributed by atoms with Gasteiger partial charge in [-0.1, -0.05) is 62.4 Å². The summed E-state index contributed by atoms with van der Waals surface area (Å²) in [5, 5.41) is 14.3. The molecule has 1 fully saturated rings. The van der Waals surface area contributed by atoms with Crippen LogP contribution in [0.2, 0.25) is 0 Å². The lowest BCUT2D eigenvalue weighted by Gasteiger charge is -2.27. The maximum Gasteiger partial charge on any atom is 0.332 e. The molecule has 3 aromatic rings. The average molecular weight is 446 g/mol. The van der Waals surface area contributed by atoms with Crippen molar-refractivity contribution in [2.24, 2.45) is 5.41 Å². The Morgan fingerprint density at radius 3 is 2.52 bits per heavy atom. The van der Waals surface area contributed by atoms with E-state index in [2.05, 4.69) is 20.6 Å². The molecule has 1 aliphatic heterocycles. The second-order valence-electron chi connectivity index (χ2n) is 8.33. The molecule has 0 saturated carbocycles. The first-order chi connectivity index (χ1) is 15.9. The van der Waals surface area contributed by atoms with Crippen molar-refractivity contribution >= 4 is 11.9 Å². The minimum absolute atomic E-state index is 0.0152. The van der Waals surface area contributed by atoms with Gasteiger partial charge in [0.05, 0.1) is 13.2 Å². The fraction of sp³-hybridized carbons (Fsp3) is 0.320. The van der Waals surface area contributed by atoms with E-state index in [-0.39, 0.29) is 11.3 Å². The molecule has 1 unspecified atom stereocenters. The van der Waals surface area contributed by atoms with Crippen molar-refractivity contribution in [3.63, 3.8) is 0 Å². The van der Waals surface area contributed by atoms with Crippen molar-refractivity contribution in [1.29, 1.82) is 0 Å². The molecule has 4 rings (SSSR count). The molecule has 1 amide bonds. The van der Waals surface area contributed by atoms with Gasteiger partial charge < -0.3 is 9.64 Å². The number of likely N-dealkylation sites (tertiary alicyclic amines) is 1. The largest absolute Gasteiger partial charge is 0.463 e. The Morgan fingerprint density at radius 2 is 1.88 bits per heavy atom. The molecule has 2 heterocycles. The van der Waals surface area contributed by atoms with E-state index in [0.717, 1.165) is 34.4 Å². The molecule has 8 heteroatoms. The van der Waals surface area contributed by atoms with Gasteiger partial charge in [0.2, 0.25) is 11.7 Å². The van der Waals surface area contributed by atoms with Gasteiger partial charge in [-0.05, 0) is 35.2 Å². The number of nitrogens with zero attached hydrogens (tertiary/aromatic N) is 4. The third-order valence-corrected chi connectivity index (χ3v) is 6.19. The van der Waals surface area contributed by atoms with Gasteiger partial charge in [-0.15, -0.1) is 10.2 Å². The number of hydrogen-bond donors (Lipinski definition) is 1. The minimum Gasteiger partial charge on any atom is -0.463 e. The molecular weight excluding hydrogens is 418 g/mol. The number of carbonyl (C=O) groups is 2. The van der Waals surface area contributed by atoms with Crippen molar-refractivity contribution in [2.75, 3.05) is 6.61 Å². The lowest BCUT2D eigenvalue weighted by Crippen LogP contribution is -2.26. The maximum atomic E-state index is 12.9. The average Bonchev–Trinajstić information content (AvgIpc) is 3.43. The van der Waals surface area contributed by atoms with Gasteiger partial charge in [0, 0.05) is 29.2 Å². The van der Waals surface area contributed by atoms with Crippen molar-refractivity contribution in [3.8, 4) is 22.5 Å². The van der Waals surface area contributed by atoms with Crippen molar-refractivity contribution in [1.82, 2.24) is 25.5 Å². The predicted molar refractivity (Wildman–Crippen MR) is 123 cm³/mol. The van der Waals surface area contributed by atoms with E-state index in [1.54, 1.807) is 11.8 Å². The Labute approximate surface area is 192 Å². The molecule has 2 aromatic carbocycles. The highest BCUT2D eigenvalue weighted by Crippen LogP contribution is 2.44. The number of carbonyl (C=O) groups excluding carboxylic acids is 2. The van der Waals surface area contributed by atoms with Crippen LogP contribution < -0.4 is 0 Å². The number of amides is 1.